The van der Waals surface area contributed by atoms with Gasteiger partial charge in [-0.1, -0.05) is 29.5 Å². The van der Waals surface area contributed by atoms with E-state index >= 15 is 0 Å². The second kappa shape index (κ2) is 6.00. The summed E-state index contributed by atoms with van der Waals surface area (Å²) < 4.78 is 0. The van der Waals surface area contributed by atoms with Gasteiger partial charge in [-0.25, -0.2) is 0 Å². The maximum atomic E-state index is 11.7. The van der Waals surface area contributed by atoms with Crippen molar-refractivity contribution in [3.63, 3.8) is 0 Å². The van der Waals surface area contributed by atoms with Crippen molar-refractivity contribution >= 4 is 27.9 Å². The minimum atomic E-state index is -0.370. The van der Waals surface area contributed by atoms with E-state index in [1.807, 2.05) is 36.6 Å². The summed E-state index contributed by atoms with van der Waals surface area (Å²) >= 11 is 1.13. The highest BCUT2D eigenvalue weighted by atomic mass is 32.1. The van der Waals surface area contributed by atoms with E-state index in [9.17, 15) is 14.9 Å². The first-order chi connectivity index (χ1) is 11.0. The van der Waals surface area contributed by atoms with Crippen LogP contribution in [0.3, 0.4) is 0 Å². The number of nitrogens with zero attached hydrogens (tertiary/aromatic N) is 2. The Labute approximate surface area is 137 Å². The van der Waals surface area contributed by atoms with Gasteiger partial charge in [-0.3, -0.25) is 14.9 Å². The number of para-hydroxylation sites is 1. The number of thiophene rings is 1. The van der Waals surface area contributed by atoms with Gasteiger partial charge in [0, 0.05) is 29.7 Å². The Morgan fingerprint density at radius 1 is 1.48 bits per heavy atom. The topological polar surface area (TPSA) is 89.5 Å². The van der Waals surface area contributed by atoms with Crippen LogP contribution in [-0.4, -0.2) is 16.9 Å². The minimum Gasteiger partial charge on any atom is -0.369 e. The molecule has 6 nitrogen and oxygen atoms in total. The van der Waals surface area contributed by atoms with Crippen LogP contribution in [-0.2, 0) is 11.3 Å². The summed E-state index contributed by atoms with van der Waals surface area (Å²) in [5, 5.41) is 12.8. The number of amides is 1. The number of nitrogens with two attached hydrogens (primary N) is 1. The molecule has 1 amide bonds. The lowest BCUT2D eigenvalue weighted by Crippen LogP contribution is -2.41. The first-order valence-corrected chi connectivity index (χ1v) is 8.22. The molecular weight excluding hydrogens is 314 g/mol. The van der Waals surface area contributed by atoms with Gasteiger partial charge in [-0.15, -0.1) is 0 Å². The van der Waals surface area contributed by atoms with E-state index in [0.717, 1.165) is 28.2 Å². The van der Waals surface area contributed by atoms with Gasteiger partial charge in [0.05, 0.1) is 10.8 Å². The predicted molar refractivity (Wildman–Crippen MR) is 89.6 cm³/mol. The largest absolute Gasteiger partial charge is 0.369 e. The number of nitro groups is 1. The van der Waals surface area contributed by atoms with E-state index in [0.29, 0.717) is 13.0 Å². The van der Waals surface area contributed by atoms with Crippen molar-refractivity contribution in [2.24, 2.45) is 5.73 Å². The summed E-state index contributed by atoms with van der Waals surface area (Å²) in [5.74, 6) is -0.593. The van der Waals surface area contributed by atoms with Crippen molar-refractivity contribution in [1.29, 1.82) is 0 Å². The van der Waals surface area contributed by atoms with Crippen molar-refractivity contribution in [3.05, 3.63) is 57.0 Å². The van der Waals surface area contributed by atoms with E-state index in [4.69, 9.17) is 5.73 Å². The highest BCUT2D eigenvalue weighted by molar-refractivity contribution is 7.13. The summed E-state index contributed by atoms with van der Waals surface area (Å²) in [6.07, 6.45) is 0.651. The molecule has 1 aliphatic rings. The Balaban J connectivity index is 1.93. The van der Waals surface area contributed by atoms with Crippen LogP contribution < -0.4 is 10.6 Å². The molecule has 1 aliphatic heterocycles. The fraction of sp³-hybridized carbons (Fsp3) is 0.312. The Morgan fingerprint density at radius 3 is 2.87 bits per heavy atom. The first kappa shape index (κ1) is 15.5. The molecule has 120 valence electrons. The lowest BCUT2D eigenvalue weighted by molar-refractivity contribution is -0.380. The number of fused-ring (bicyclic) bond motifs is 1. The summed E-state index contributed by atoms with van der Waals surface area (Å²) in [6, 6.07) is 9.47. The normalized spacial score (nSPS) is 20.1. The molecule has 23 heavy (non-hydrogen) atoms. The Bertz CT molecular complexity index is 759. The Kier molecular flexibility index (Phi) is 4.04. The smallest absolute Gasteiger partial charge is 0.324 e. The van der Waals surface area contributed by atoms with Crippen molar-refractivity contribution in [2.45, 2.75) is 31.8 Å². The van der Waals surface area contributed by atoms with Gasteiger partial charge in [0.15, 0.2) is 0 Å². The van der Waals surface area contributed by atoms with Crippen LogP contribution in [0.5, 0.6) is 0 Å². The third-order valence-corrected chi connectivity index (χ3v) is 5.18. The highest BCUT2D eigenvalue weighted by Gasteiger charge is 2.33. The van der Waals surface area contributed by atoms with E-state index in [1.54, 1.807) is 6.07 Å². The van der Waals surface area contributed by atoms with Gasteiger partial charge in [-0.2, -0.15) is 0 Å². The van der Waals surface area contributed by atoms with Crippen molar-refractivity contribution in [1.82, 2.24) is 0 Å². The van der Waals surface area contributed by atoms with Gasteiger partial charge in [0.1, 0.15) is 0 Å². The molecule has 2 heterocycles. The SMILES string of the molecule is C[C@H]1C[C@H](C(N)=O)c2ccccc2N1Cc1csc([N+](=O)[O-])c1. The number of benzene rings is 1. The van der Waals surface area contributed by atoms with Crippen molar-refractivity contribution in [3.8, 4) is 0 Å². The Morgan fingerprint density at radius 2 is 2.22 bits per heavy atom. The van der Waals surface area contributed by atoms with Crippen LogP contribution in [0.15, 0.2) is 35.7 Å². The molecule has 0 aliphatic carbocycles. The predicted octanol–water partition coefficient (Wildman–Crippen LogP) is 3.02. The lowest BCUT2D eigenvalue weighted by atomic mass is 9.85. The quantitative estimate of drug-likeness (QED) is 0.689. The maximum Gasteiger partial charge on any atom is 0.324 e. The monoisotopic (exact) mass is 331 g/mol. The molecule has 0 unspecified atom stereocenters. The summed E-state index contributed by atoms with van der Waals surface area (Å²) in [7, 11) is 0. The summed E-state index contributed by atoms with van der Waals surface area (Å²) in [5.41, 5.74) is 8.36. The van der Waals surface area contributed by atoms with Crippen LogP contribution >= 0.6 is 11.3 Å². The summed E-state index contributed by atoms with van der Waals surface area (Å²) in [6.45, 7) is 2.63. The van der Waals surface area contributed by atoms with Gasteiger partial charge < -0.3 is 10.6 Å². The number of hydrogen-bond donors (Lipinski definition) is 1. The summed E-state index contributed by atoms with van der Waals surface area (Å²) in [4.78, 5) is 24.4. The zero-order valence-electron chi connectivity index (χ0n) is 12.6. The van der Waals surface area contributed by atoms with E-state index in [2.05, 4.69) is 4.90 Å². The van der Waals surface area contributed by atoms with Crippen LogP contribution in [0, 0.1) is 10.1 Å². The fourth-order valence-electron chi connectivity index (χ4n) is 3.12. The molecule has 0 saturated heterocycles. The zero-order chi connectivity index (χ0) is 16.6. The van der Waals surface area contributed by atoms with Gasteiger partial charge >= 0.3 is 5.00 Å². The molecule has 0 bridgehead atoms. The van der Waals surface area contributed by atoms with Crippen LogP contribution in [0.25, 0.3) is 0 Å². The number of carbonyl (C=O) groups is 1. The van der Waals surface area contributed by atoms with Crippen LogP contribution in [0.4, 0.5) is 10.7 Å². The minimum absolute atomic E-state index is 0.126. The number of rotatable bonds is 4. The molecule has 0 spiro atoms. The van der Waals surface area contributed by atoms with E-state index in [-0.39, 0.29) is 27.8 Å². The maximum absolute atomic E-state index is 11.7. The molecule has 0 saturated carbocycles. The second-order valence-electron chi connectivity index (χ2n) is 5.78. The van der Waals surface area contributed by atoms with Gasteiger partial charge in [0.2, 0.25) is 5.91 Å². The molecule has 7 heteroatoms. The molecule has 0 fully saturated rings. The molecule has 3 rings (SSSR count). The zero-order valence-corrected chi connectivity index (χ0v) is 13.5. The van der Waals surface area contributed by atoms with Crippen LogP contribution in [0.2, 0.25) is 0 Å². The van der Waals surface area contributed by atoms with Gasteiger partial charge in [0.25, 0.3) is 0 Å². The van der Waals surface area contributed by atoms with Crippen molar-refractivity contribution < 1.29 is 9.72 Å². The first-order valence-electron chi connectivity index (χ1n) is 7.34. The molecule has 2 atom stereocenters. The standard InChI is InChI=1S/C16H17N3O3S/c1-10-6-13(16(17)20)12-4-2-3-5-14(12)18(10)8-11-7-15(19(21)22)23-9-11/h2-5,7,9-10,13H,6,8H2,1H3,(H2,17,20)/t10-,13-/m0/s1. The number of primary amides is 1. The average molecular weight is 331 g/mol. The second-order valence-corrected chi connectivity index (χ2v) is 6.67. The molecule has 0 radical (unpaired) electrons. The number of carbonyl (C=O) groups excluding carboxylic acids is 1. The number of anilines is 1. The van der Waals surface area contributed by atoms with Crippen LogP contribution in [0.1, 0.15) is 30.4 Å². The molecule has 2 N–H and O–H groups in total. The van der Waals surface area contributed by atoms with Crippen molar-refractivity contribution in [2.75, 3.05) is 4.90 Å². The molecule has 2 aromatic rings. The van der Waals surface area contributed by atoms with Gasteiger partial charge in [-0.05, 0) is 30.5 Å². The molecular formula is C16H17N3O3S. The average Bonchev–Trinajstić information content (AvgIpc) is 2.98. The fourth-order valence-corrected chi connectivity index (χ4v) is 3.85. The highest BCUT2D eigenvalue weighted by Crippen LogP contribution is 2.39. The Hall–Kier alpha value is -2.41. The number of hydrogen-bond acceptors (Lipinski definition) is 5. The van der Waals surface area contributed by atoms with E-state index < -0.39 is 0 Å². The molecule has 1 aromatic carbocycles. The van der Waals surface area contributed by atoms with E-state index in [1.165, 1.54) is 0 Å². The lowest BCUT2D eigenvalue weighted by Gasteiger charge is -2.39. The third kappa shape index (κ3) is 2.92. The molecule has 1 aromatic heterocycles. The third-order valence-electron chi connectivity index (χ3n) is 4.25.